The van der Waals surface area contributed by atoms with Crippen LogP contribution in [0.15, 0.2) is 88.9 Å². The fraction of sp³-hybridized carbons (Fsp3) is 0.226. The van der Waals surface area contributed by atoms with Crippen LogP contribution in [-0.4, -0.2) is 26.6 Å². The molecule has 0 spiro atoms. The standard InChI is InChI=1S/C31H27Cl2N3OS/c32-23-16-15-21(27(33)18-23)19-35-20-22(26-13-7-8-14-28(26)35)17-29-30(37)36(25-11-5-2-6-12-25)31(38-29)34-24-9-3-1-4-10-24/h1,3-4,7-10,13-18,20,25H,2,5-6,11-12,19H2/b29-17-,34-31?. The lowest BCUT2D eigenvalue weighted by molar-refractivity contribution is -0.124. The summed E-state index contributed by atoms with van der Waals surface area (Å²) in [6.07, 6.45) is 9.71. The van der Waals surface area contributed by atoms with E-state index in [9.17, 15) is 4.79 Å². The highest BCUT2D eigenvalue weighted by molar-refractivity contribution is 8.18. The molecule has 1 saturated carbocycles. The van der Waals surface area contributed by atoms with Crippen molar-refractivity contribution in [3.05, 3.63) is 105 Å². The molecule has 0 radical (unpaired) electrons. The van der Waals surface area contributed by atoms with Gasteiger partial charge in [0, 0.05) is 45.3 Å². The number of amides is 1. The second kappa shape index (κ2) is 11.0. The van der Waals surface area contributed by atoms with Gasteiger partial charge in [-0.2, -0.15) is 0 Å². The molecule has 1 aliphatic heterocycles. The summed E-state index contributed by atoms with van der Waals surface area (Å²) in [5, 5.41) is 3.13. The van der Waals surface area contributed by atoms with Crippen molar-refractivity contribution in [2.75, 3.05) is 0 Å². The smallest absolute Gasteiger partial charge is 0.267 e. The molecule has 4 nitrogen and oxygen atoms in total. The number of aliphatic imine (C=N–C) groups is 1. The summed E-state index contributed by atoms with van der Waals surface area (Å²) in [6.45, 7) is 0.607. The number of amidine groups is 1. The SMILES string of the molecule is O=C1/C(=C/c2cn(Cc3ccc(Cl)cc3Cl)c3ccccc23)SC(=Nc2ccccc2)N1C1CCCCC1. The lowest BCUT2D eigenvalue weighted by atomic mass is 9.94. The highest BCUT2D eigenvalue weighted by Crippen LogP contribution is 2.39. The topological polar surface area (TPSA) is 37.6 Å². The summed E-state index contributed by atoms with van der Waals surface area (Å²) in [5.74, 6) is 0.0501. The summed E-state index contributed by atoms with van der Waals surface area (Å²) in [5.41, 5.74) is 3.94. The largest absolute Gasteiger partial charge is 0.342 e. The fourth-order valence-corrected chi connectivity index (χ4v) is 6.85. The van der Waals surface area contributed by atoms with Crippen LogP contribution in [0, 0.1) is 0 Å². The molecular formula is C31H27Cl2N3OS. The molecule has 0 atom stereocenters. The van der Waals surface area contributed by atoms with E-state index >= 15 is 0 Å². The molecule has 2 fully saturated rings. The van der Waals surface area contributed by atoms with E-state index in [4.69, 9.17) is 28.2 Å². The van der Waals surface area contributed by atoms with Crippen molar-refractivity contribution in [1.29, 1.82) is 0 Å². The number of nitrogens with zero attached hydrogens (tertiary/aromatic N) is 3. The van der Waals surface area contributed by atoms with Gasteiger partial charge in [-0.05, 0) is 66.6 Å². The number of halogens is 2. The van der Waals surface area contributed by atoms with Crippen LogP contribution in [0.1, 0.15) is 43.2 Å². The van der Waals surface area contributed by atoms with Crippen LogP contribution in [0.5, 0.6) is 0 Å². The van der Waals surface area contributed by atoms with E-state index in [1.165, 1.54) is 18.2 Å². The maximum absolute atomic E-state index is 13.8. The van der Waals surface area contributed by atoms with Crippen LogP contribution in [0.3, 0.4) is 0 Å². The number of carbonyl (C=O) groups excluding carboxylic acids is 1. The molecule has 2 aliphatic rings. The Kier molecular flexibility index (Phi) is 7.33. The van der Waals surface area contributed by atoms with Crippen molar-refractivity contribution in [1.82, 2.24) is 9.47 Å². The van der Waals surface area contributed by atoms with Crippen LogP contribution < -0.4 is 0 Å². The Morgan fingerprint density at radius 2 is 1.71 bits per heavy atom. The quantitative estimate of drug-likeness (QED) is 0.229. The molecule has 6 rings (SSSR count). The maximum atomic E-state index is 13.8. The zero-order chi connectivity index (χ0) is 26.1. The van der Waals surface area contributed by atoms with E-state index < -0.39 is 0 Å². The molecule has 4 aromatic rings. The van der Waals surface area contributed by atoms with Crippen LogP contribution in [0.4, 0.5) is 5.69 Å². The van der Waals surface area contributed by atoms with Gasteiger partial charge in [0.15, 0.2) is 5.17 Å². The van der Waals surface area contributed by atoms with Crippen molar-refractivity contribution in [2.24, 2.45) is 4.99 Å². The number of para-hydroxylation sites is 2. The first-order chi connectivity index (χ1) is 18.6. The molecule has 1 aromatic heterocycles. The molecule has 1 aliphatic carbocycles. The fourth-order valence-electron chi connectivity index (χ4n) is 5.33. The third-order valence-electron chi connectivity index (χ3n) is 7.22. The lowest BCUT2D eigenvalue weighted by Crippen LogP contribution is -2.40. The van der Waals surface area contributed by atoms with Gasteiger partial charge in [-0.25, -0.2) is 4.99 Å². The summed E-state index contributed by atoms with van der Waals surface area (Å²) in [4.78, 5) is 21.4. The minimum atomic E-state index is 0.0501. The van der Waals surface area contributed by atoms with Crippen molar-refractivity contribution in [2.45, 2.75) is 44.7 Å². The van der Waals surface area contributed by atoms with E-state index in [0.717, 1.165) is 58.6 Å². The molecule has 0 unspecified atom stereocenters. The van der Waals surface area contributed by atoms with Crippen LogP contribution >= 0.6 is 35.0 Å². The van der Waals surface area contributed by atoms with E-state index in [0.29, 0.717) is 21.5 Å². The summed E-state index contributed by atoms with van der Waals surface area (Å²) in [7, 11) is 0. The lowest BCUT2D eigenvalue weighted by Gasteiger charge is -2.30. The molecule has 1 saturated heterocycles. The maximum Gasteiger partial charge on any atom is 0.267 e. The molecule has 1 amide bonds. The Morgan fingerprint density at radius 1 is 0.947 bits per heavy atom. The van der Waals surface area contributed by atoms with Crippen LogP contribution in [0.2, 0.25) is 10.0 Å². The monoisotopic (exact) mass is 559 g/mol. The molecular weight excluding hydrogens is 533 g/mol. The van der Waals surface area contributed by atoms with Crippen molar-refractivity contribution in [3.63, 3.8) is 0 Å². The Bertz CT molecular complexity index is 1550. The van der Waals surface area contributed by atoms with Gasteiger partial charge < -0.3 is 4.57 Å². The van der Waals surface area contributed by atoms with Gasteiger partial charge in [0.2, 0.25) is 0 Å². The molecule has 3 aromatic carbocycles. The van der Waals surface area contributed by atoms with Crippen LogP contribution in [0.25, 0.3) is 17.0 Å². The van der Waals surface area contributed by atoms with Crippen LogP contribution in [-0.2, 0) is 11.3 Å². The van der Waals surface area contributed by atoms with Gasteiger partial charge in [-0.1, -0.05) is 84.9 Å². The molecule has 2 heterocycles. The summed E-state index contributed by atoms with van der Waals surface area (Å²) in [6, 6.07) is 23.9. The van der Waals surface area contributed by atoms with Gasteiger partial charge in [-0.15, -0.1) is 0 Å². The number of hydrogen-bond donors (Lipinski definition) is 0. The van der Waals surface area contributed by atoms with E-state index in [2.05, 4.69) is 22.9 Å². The zero-order valence-corrected chi connectivity index (χ0v) is 23.1. The van der Waals surface area contributed by atoms with E-state index in [1.807, 2.05) is 65.6 Å². The number of aromatic nitrogens is 1. The van der Waals surface area contributed by atoms with Gasteiger partial charge in [0.05, 0.1) is 10.6 Å². The first-order valence-electron chi connectivity index (χ1n) is 13.0. The van der Waals surface area contributed by atoms with Crippen molar-refractivity contribution in [3.8, 4) is 0 Å². The Labute approximate surface area is 237 Å². The van der Waals surface area contributed by atoms with E-state index in [1.54, 1.807) is 6.07 Å². The minimum Gasteiger partial charge on any atom is -0.342 e. The molecule has 7 heteroatoms. The van der Waals surface area contributed by atoms with Gasteiger partial charge in [0.1, 0.15) is 0 Å². The molecule has 38 heavy (non-hydrogen) atoms. The predicted octanol–water partition coefficient (Wildman–Crippen LogP) is 8.93. The second-order valence-electron chi connectivity index (χ2n) is 9.77. The van der Waals surface area contributed by atoms with Crippen molar-refractivity contribution >= 4 is 68.7 Å². The number of rotatable bonds is 5. The van der Waals surface area contributed by atoms with Crippen molar-refractivity contribution < 1.29 is 4.79 Å². The molecule has 0 N–H and O–H groups in total. The number of thioether (sulfide) groups is 1. The third-order valence-corrected chi connectivity index (χ3v) is 8.79. The first kappa shape index (κ1) is 25.3. The van der Waals surface area contributed by atoms with E-state index in [-0.39, 0.29) is 11.9 Å². The average molecular weight is 561 g/mol. The zero-order valence-electron chi connectivity index (χ0n) is 20.8. The molecule has 0 bridgehead atoms. The Morgan fingerprint density at radius 3 is 2.50 bits per heavy atom. The second-order valence-corrected chi connectivity index (χ2v) is 11.6. The Hall–Kier alpha value is -2.99. The third kappa shape index (κ3) is 5.15. The van der Waals surface area contributed by atoms with Gasteiger partial charge in [0.25, 0.3) is 5.91 Å². The first-order valence-corrected chi connectivity index (χ1v) is 14.5. The number of carbonyl (C=O) groups is 1. The average Bonchev–Trinajstić information content (AvgIpc) is 3.43. The predicted molar refractivity (Wildman–Crippen MR) is 160 cm³/mol. The normalized spacial score (nSPS) is 18.8. The number of hydrogen-bond acceptors (Lipinski definition) is 3. The Balaban J connectivity index is 1.38. The van der Waals surface area contributed by atoms with Gasteiger partial charge in [-0.3, -0.25) is 9.69 Å². The summed E-state index contributed by atoms with van der Waals surface area (Å²) < 4.78 is 2.18. The van der Waals surface area contributed by atoms with Gasteiger partial charge >= 0.3 is 0 Å². The highest BCUT2D eigenvalue weighted by Gasteiger charge is 2.38. The highest BCUT2D eigenvalue weighted by atomic mass is 35.5. The minimum absolute atomic E-state index is 0.0501. The molecule has 192 valence electrons. The number of benzene rings is 3. The summed E-state index contributed by atoms with van der Waals surface area (Å²) >= 11 is 14.1. The number of fused-ring (bicyclic) bond motifs is 1.